The largest absolute Gasteiger partial charge is 0.395 e. The maximum Gasteiger partial charge on any atom is 0.244 e. The highest BCUT2D eigenvalue weighted by Crippen LogP contribution is 2.68. The second-order valence-electron chi connectivity index (χ2n) is 8.81. The number of unbranched alkanes of at least 4 members (excludes halogenated alkanes) is 1. The fraction of sp³-hybridized carbons (Fsp3) is 0.609. The molecule has 1 aromatic carbocycles. The van der Waals surface area contributed by atoms with Gasteiger partial charge in [-0.25, -0.2) is 0 Å². The predicted molar refractivity (Wildman–Crippen MR) is 120 cm³/mol. The molecule has 2 bridgehead atoms. The molecule has 1 spiro atoms. The van der Waals surface area contributed by atoms with E-state index in [0.29, 0.717) is 12.2 Å². The summed E-state index contributed by atoms with van der Waals surface area (Å²) < 4.78 is -0.633. The van der Waals surface area contributed by atoms with Gasteiger partial charge in [-0.05, 0) is 30.9 Å². The number of carbonyl (C=O) groups is 3. The first kappa shape index (κ1) is 22.1. The average molecular weight is 446 g/mol. The summed E-state index contributed by atoms with van der Waals surface area (Å²) in [7, 11) is 0. The number of hydrogen-bond acceptors (Lipinski definition) is 5. The minimum atomic E-state index is -0.659. The van der Waals surface area contributed by atoms with Gasteiger partial charge >= 0.3 is 0 Å². The third-order valence-electron chi connectivity index (χ3n) is 7.01. The van der Waals surface area contributed by atoms with Crippen LogP contribution in [0.15, 0.2) is 30.3 Å². The number of anilines is 1. The Kier molecular flexibility index (Phi) is 6.30. The molecule has 4 rings (SSSR count). The standard InChI is InChI=1S/C23H31N3O4S/c1-3-4-10-24-21(29)19-23-14(2)13-16(31-23)17(18(23)22(30)26(19)11-12-27)20(28)25-15-8-6-5-7-9-15/h5-9,14,16-19,27H,3-4,10-13H2,1-2H3,(H,24,29)(H,25,28)/t14?,16-,17+,18+,19?,23?/m1/s1. The van der Waals surface area contributed by atoms with Crippen molar-refractivity contribution in [2.75, 3.05) is 25.0 Å². The number of fused-ring (bicyclic) bond motifs is 1. The van der Waals surface area contributed by atoms with E-state index in [-0.39, 0.29) is 42.0 Å². The van der Waals surface area contributed by atoms with Gasteiger partial charge in [0.15, 0.2) is 0 Å². The van der Waals surface area contributed by atoms with Gasteiger partial charge in [0, 0.05) is 24.0 Å². The van der Waals surface area contributed by atoms with Crippen molar-refractivity contribution in [3.05, 3.63) is 30.3 Å². The quantitative estimate of drug-likeness (QED) is 0.531. The Morgan fingerprint density at radius 1 is 1.26 bits per heavy atom. The average Bonchev–Trinajstić information content (AvgIpc) is 3.33. The lowest BCUT2D eigenvalue weighted by atomic mass is 9.66. The van der Waals surface area contributed by atoms with Crippen LogP contribution in [0.3, 0.4) is 0 Å². The first-order valence-corrected chi connectivity index (χ1v) is 12.1. The molecule has 168 valence electrons. The molecule has 3 unspecified atom stereocenters. The Balaban J connectivity index is 1.65. The van der Waals surface area contributed by atoms with E-state index in [4.69, 9.17) is 0 Å². The van der Waals surface area contributed by atoms with Gasteiger partial charge in [0.1, 0.15) is 6.04 Å². The van der Waals surface area contributed by atoms with Gasteiger partial charge in [-0.2, -0.15) is 0 Å². The van der Waals surface area contributed by atoms with Gasteiger partial charge in [-0.3, -0.25) is 14.4 Å². The van der Waals surface area contributed by atoms with E-state index in [1.807, 2.05) is 30.3 Å². The van der Waals surface area contributed by atoms with E-state index in [0.717, 1.165) is 19.3 Å². The Hall–Kier alpha value is -2.06. The Labute approximate surface area is 187 Å². The van der Waals surface area contributed by atoms with Crippen LogP contribution in [0, 0.1) is 17.8 Å². The smallest absolute Gasteiger partial charge is 0.244 e. The molecular formula is C23H31N3O4S. The van der Waals surface area contributed by atoms with Crippen LogP contribution in [0.2, 0.25) is 0 Å². The summed E-state index contributed by atoms with van der Waals surface area (Å²) in [5, 5.41) is 15.6. The molecule has 3 aliphatic heterocycles. The second-order valence-corrected chi connectivity index (χ2v) is 10.4. The van der Waals surface area contributed by atoms with Crippen molar-refractivity contribution in [3.8, 4) is 0 Å². The van der Waals surface area contributed by atoms with Gasteiger partial charge in [-0.15, -0.1) is 11.8 Å². The van der Waals surface area contributed by atoms with E-state index in [2.05, 4.69) is 24.5 Å². The van der Waals surface area contributed by atoms with E-state index < -0.39 is 22.6 Å². The zero-order chi connectivity index (χ0) is 22.2. The Morgan fingerprint density at radius 2 is 2.00 bits per heavy atom. The van der Waals surface area contributed by atoms with Crippen molar-refractivity contribution in [1.29, 1.82) is 0 Å². The lowest BCUT2D eigenvalue weighted by molar-refractivity contribution is -0.139. The van der Waals surface area contributed by atoms with Gasteiger partial charge in [0.25, 0.3) is 0 Å². The number of para-hydroxylation sites is 1. The summed E-state index contributed by atoms with van der Waals surface area (Å²) in [6.45, 7) is 4.61. The van der Waals surface area contributed by atoms with Crippen LogP contribution in [-0.4, -0.2) is 63.5 Å². The van der Waals surface area contributed by atoms with E-state index in [1.165, 1.54) is 4.90 Å². The number of amides is 3. The first-order valence-electron chi connectivity index (χ1n) is 11.2. The third-order valence-corrected chi connectivity index (χ3v) is 9.08. The number of rotatable bonds is 8. The number of carbonyl (C=O) groups excluding carboxylic acids is 3. The highest BCUT2D eigenvalue weighted by molar-refractivity contribution is 8.02. The monoisotopic (exact) mass is 445 g/mol. The summed E-state index contributed by atoms with van der Waals surface area (Å²) in [6.07, 6.45) is 2.64. The summed E-state index contributed by atoms with van der Waals surface area (Å²) in [5.74, 6) is -1.41. The normalized spacial score (nSPS) is 33.5. The zero-order valence-electron chi connectivity index (χ0n) is 18.0. The molecule has 3 heterocycles. The van der Waals surface area contributed by atoms with E-state index in [1.54, 1.807) is 11.8 Å². The van der Waals surface area contributed by atoms with Crippen molar-refractivity contribution in [3.63, 3.8) is 0 Å². The van der Waals surface area contributed by atoms with Crippen LogP contribution in [0.4, 0.5) is 5.69 Å². The number of nitrogens with one attached hydrogen (secondary N) is 2. The number of aliphatic hydroxyl groups excluding tert-OH is 1. The molecule has 0 saturated carbocycles. The first-order chi connectivity index (χ1) is 15.0. The number of thioether (sulfide) groups is 1. The van der Waals surface area contributed by atoms with Crippen LogP contribution in [0.1, 0.15) is 33.1 Å². The lowest BCUT2D eigenvalue weighted by Gasteiger charge is -2.38. The fourth-order valence-electron chi connectivity index (χ4n) is 5.70. The highest BCUT2D eigenvalue weighted by Gasteiger charge is 2.75. The fourth-order valence-corrected chi connectivity index (χ4v) is 8.12. The molecule has 3 saturated heterocycles. The molecule has 0 aromatic heterocycles. The predicted octanol–water partition coefficient (Wildman–Crippen LogP) is 1.87. The van der Waals surface area contributed by atoms with Crippen LogP contribution in [-0.2, 0) is 14.4 Å². The molecule has 3 aliphatic rings. The van der Waals surface area contributed by atoms with Crippen molar-refractivity contribution >= 4 is 35.2 Å². The SMILES string of the molecule is CCCCNC(=O)C1N(CCO)C(=O)[C@@H]2[C@@H](C(=O)Nc3ccccc3)[C@H]3CC(C)C12S3. The van der Waals surface area contributed by atoms with Gasteiger partial charge < -0.3 is 20.6 Å². The number of hydrogen-bond donors (Lipinski definition) is 3. The van der Waals surface area contributed by atoms with E-state index >= 15 is 0 Å². The highest BCUT2D eigenvalue weighted by atomic mass is 32.2. The van der Waals surface area contributed by atoms with Gasteiger partial charge in [-0.1, -0.05) is 38.5 Å². The number of nitrogens with zero attached hydrogens (tertiary/aromatic N) is 1. The molecule has 3 fully saturated rings. The summed E-state index contributed by atoms with van der Waals surface area (Å²) in [5.41, 5.74) is 0.703. The van der Waals surface area contributed by atoms with Gasteiger partial charge in [0.05, 0.1) is 23.2 Å². The maximum atomic E-state index is 13.6. The van der Waals surface area contributed by atoms with Crippen molar-refractivity contribution in [1.82, 2.24) is 10.2 Å². The topological polar surface area (TPSA) is 98.7 Å². The molecule has 8 heteroatoms. The summed E-state index contributed by atoms with van der Waals surface area (Å²) >= 11 is 1.65. The zero-order valence-corrected chi connectivity index (χ0v) is 18.9. The van der Waals surface area contributed by atoms with Crippen molar-refractivity contribution in [2.45, 2.75) is 49.1 Å². The van der Waals surface area contributed by atoms with Crippen LogP contribution in [0.25, 0.3) is 0 Å². The molecule has 31 heavy (non-hydrogen) atoms. The number of benzene rings is 1. The van der Waals surface area contributed by atoms with Crippen LogP contribution < -0.4 is 10.6 Å². The summed E-state index contributed by atoms with van der Waals surface area (Å²) in [4.78, 5) is 41.7. The van der Waals surface area contributed by atoms with Crippen LogP contribution >= 0.6 is 11.8 Å². The molecule has 0 aliphatic carbocycles. The van der Waals surface area contributed by atoms with Gasteiger partial charge in [0.2, 0.25) is 17.7 Å². The molecule has 1 aromatic rings. The Morgan fingerprint density at radius 3 is 2.68 bits per heavy atom. The molecular weight excluding hydrogens is 414 g/mol. The second kappa shape index (κ2) is 8.82. The molecule has 3 N–H and O–H groups in total. The molecule has 7 nitrogen and oxygen atoms in total. The third kappa shape index (κ3) is 3.53. The Bertz CT molecular complexity index is 850. The summed E-state index contributed by atoms with van der Waals surface area (Å²) in [6, 6.07) is 8.59. The minimum Gasteiger partial charge on any atom is -0.395 e. The molecule has 6 atom stereocenters. The van der Waals surface area contributed by atoms with E-state index in [9.17, 15) is 19.5 Å². The minimum absolute atomic E-state index is 0.00915. The molecule has 3 amide bonds. The van der Waals surface area contributed by atoms with Crippen molar-refractivity contribution in [2.24, 2.45) is 17.8 Å². The number of β-amino-alcohol motifs (C(OH)–C–C–N with tert-alkyl or cyclic N) is 1. The van der Waals surface area contributed by atoms with Crippen molar-refractivity contribution < 1.29 is 19.5 Å². The number of aliphatic hydroxyl groups is 1. The molecule has 0 radical (unpaired) electrons. The maximum absolute atomic E-state index is 13.6. The lowest BCUT2D eigenvalue weighted by Crippen LogP contribution is -2.56. The number of likely N-dealkylation sites (tertiary alicyclic amines) is 1. The van der Waals surface area contributed by atoms with Crippen LogP contribution in [0.5, 0.6) is 0 Å².